The first-order chi connectivity index (χ1) is 11.8. The van der Waals surface area contributed by atoms with Gasteiger partial charge in [0, 0.05) is 12.5 Å². The normalized spacial score (nSPS) is 10.9. The van der Waals surface area contributed by atoms with Gasteiger partial charge in [0.15, 0.2) is 0 Å². The Kier molecular flexibility index (Phi) is 5.81. The topological polar surface area (TPSA) is 12.0 Å². The molecule has 1 nitrogen and oxygen atoms in total. The van der Waals surface area contributed by atoms with E-state index in [9.17, 15) is 0 Å². The first-order valence-corrected chi connectivity index (χ1v) is 8.69. The van der Waals surface area contributed by atoms with Gasteiger partial charge < -0.3 is 5.32 Å². The molecule has 0 amide bonds. The predicted octanol–water partition coefficient (Wildman–Crippen LogP) is 5.31. The van der Waals surface area contributed by atoms with Gasteiger partial charge in [0.1, 0.15) is 0 Å². The molecule has 0 saturated heterocycles. The van der Waals surface area contributed by atoms with Crippen molar-refractivity contribution in [2.75, 3.05) is 6.54 Å². The third-order valence-corrected chi connectivity index (χ3v) is 4.46. The molecule has 0 saturated carbocycles. The van der Waals surface area contributed by atoms with Crippen molar-refractivity contribution in [1.82, 2.24) is 5.32 Å². The molecule has 0 aliphatic rings. The molecule has 3 aromatic rings. The van der Waals surface area contributed by atoms with E-state index in [4.69, 9.17) is 0 Å². The lowest BCUT2D eigenvalue weighted by atomic mass is 9.88. The molecule has 0 unspecified atom stereocenters. The van der Waals surface area contributed by atoms with E-state index in [1.807, 2.05) is 0 Å². The van der Waals surface area contributed by atoms with Crippen molar-refractivity contribution in [3.05, 3.63) is 107 Å². The maximum Gasteiger partial charge on any atom is 0.0205 e. The van der Waals surface area contributed by atoms with Crippen molar-refractivity contribution in [3.8, 4) is 0 Å². The Balaban J connectivity index is 1.61. The molecule has 0 atom stereocenters. The van der Waals surface area contributed by atoms with Crippen molar-refractivity contribution in [2.45, 2.75) is 25.8 Å². The summed E-state index contributed by atoms with van der Waals surface area (Å²) in [5.74, 6) is 0.443. The minimum absolute atomic E-state index is 0.443. The fraction of sp³-hybridized carbons (Fsp3) is 0.217. The van der Waals surface area contributed by atoms with Crippen LogP contribution in [0.5, 0.6) is 0 Å². The van der Waals surface area contributed by atoms with Gasteiger partial charge in [-0.1, -0.05) is 90.5 Å². The number of nitrogens with one attached hydrogen (secondary N) is 1. The second kappa shape index (κ2) is 8.47. The van der Waals surface area contributed by atoms with Crippen LogP contribution in [0.2, 0.25) is 0 Å². The van der Waals surface area contributed by atoms with Crippen LogP contribution in [0, 0.1) is 6.92 Å². The molecule has 24 heavy (non-hydrogen) atoms. The minimum atomic E-state index is 0.443. The zero-order valence-corrected chi connectivity index (χ0v) is 14.3. The second-order valence-corrected chi connectivity index (χ2v) is 6.33. The van der Waals surface area contributed by atoms with Crippen LogP contribution in [0.25, 0.3) is 0 Å². The highest BCUT2D eigenvalue weighted by Gasteiger charge is 2.13. The summed E-state index contributed by atoms with van der Waals surface area (Å²) in [5, 5.41) is 3.59. The fourth-order valence-corrected chi connectivity index (χ4v) is 3.08. The Bertz CT molecular complexity index is 678. The first-order valence-electron chi connectivity index (χ1n) is 8.69. The van der Waals surface area contributed by atoms with E-state index < -0.39 is 0 Å². The van der Waals surface area contributed by atoms with E-state index in [0.29, 0.717) is 5.92 Å². The maximum absolute atomic E-state index is 3.59. The van der Waals surface area contributed by atoms with Crippen molar-refractivity contribution >= 4 is 0 Å². The first kappa shape index (κ1) is 16.5. The molecule has 0 heterocycles. The van der Waals surface area contributed by atoms with E-state index in [-0.39, 0.29) is 0 Å². The van der Waals surface area contributed by atoms with Crippen molar-refractivity contribution in [3.63, 3.8) is 0 Å². The van der Waals surface area contributed by atoms with Crippen LogP contribution in [0.4, 0.5) is 0 Å². The van der Waals surface area contributed by atoms with Crippen LogP contribution in [0.1, 0.15) is 34.6 Å². The van der Waals surface area contributed by atoms with E-state index in [0.717, 1.165) is 19.5 Å². The quantitative estimate of drug-likeness (QED) is 0.583. The van der Waals surface area contributed by atoms with E-state index >= 15 is 0 Å². The maximum atomic E-state index is 3.59. The highest BCUT2D eigenvalue weighted by Crippen LogP contribution is 2.27. The van der Waals surface area contributed by atoms with Gasteiger partial charge in [-0.2, -0.15) is 0 Å². The molecule has 0 bridgehead atoms. The van der Waals surface area contributed by atoms with Crippen molar-refractivity contribution in [2.24, 2.45) is 0 Å². The largest absolute Gasteiger partial charge is 0.313 e. The molecule has 3 rings (SSSR count). The lowest BCUT2D eigenvalue weighted by molar-refractivity contribution is 0.611. The third kappa shape index (κ3) is 4.56. The number of hydrogen-bond donors (Lipinski definition) is 1. The van der Waals surface area contributed by atoms with Crippen LogP contribution in [0.3, 0.4) is 0 Å². The molecule has 0 fully saturated rings. The molecular formula is C23H25N. The summed E-state index contributed by atoms with van der Waals surface area (Å²) in [7, 11) is 0. The second-order valence-electron chi connectivity index (χ2n) is 6.33. The Hall–Kier alpha value is -2.38. The average molecular weight is 315 g/mol. The van der Waals surface area contributed by atoms with Crippen LogP contribution in [0.15, 0.2) is 84.9 Å². The average Bonchev–Trinajstić information content (AvgIpc) is 2.65. The molecule has 122 valence electrons. The fourth-order valence-electron chi connectivity index (χ4n) is 3.08. The van der Waals surface area contributed by atoms with Crippen LogP contribution < -0.4 is 5.32 Å². The molecule has 1 heteroatoms. The van der Waals surface area contributed by atoms with Crippen molar-refractivity contribution < 1.29 is 0 Å². The zero-order valence-electron chi connectivity index (χ0n) is 14.3. The number of benzene rings is 3. The Labute approximate surface area is 145 Å². The molecule has 0 aromatic heterocycles. The zero-order chi connectivity index (χ0) is 16.6. The summed E-state index contributed by atoms with van der Waals surface area (Å²) in [6.45, 7) is 4.06. The van der Waals surface area contributed by atoms with Crippen LogP contribution >= 0.6 is 0 Å². The van der Waals surface area contributed by atoms with Gasteiger partial charge in [-0.05, 0) is 36.6 Å². The summed E-state index contributed by atoms with van der Waals surface area (Å²) in [4.78, 5) is 0. The molecule has 1 N–H and O–H groups in total. The van der Waals surface area contributed by atoms with E-state index in [1.54, 1.807) is 0 Å². The highest BCUT2D eigenvalue weighted by atomic mass is 14.8. The number of rotatable bonds is 7. The molecule has 0 aliphatic heterocycles. The number of aryl methyl sites for hydroxylation is 1. The molecule has 3 aromatic carbocycles. The lowest BCUT2D eigenvalue weighted by Gasteiger charge is -2.18. The molecular weight excluding hydrogens is 290 g/mol. The SMILES string of the molecule is Cc1ccc(CNCCC(c2ccccc2)c2ccccc2)cc1. The lowest BCUT2D eigenvalue weighted by Crippen LogP contribution is -2.17. The smallest absolute Gasteiger partial charge is 0.0205 e. The summed E-state index contributed by atoms with van der Waals surface area (Å²) in [5.41, 5.74) is 5.44. The monoisotopic (exact) mass is 315 g/mol. The van der Waals surface area contributed by atoms with Gasteiger partial charge in [-0.3, -0.25) is 0 Å². The summed E-state index contributed by atoms with van der Waals surface area (Å²) < 4.78 is 0. The summed E-state index contributed by atoms with van der Waals surface area (Å²) >= 11 is 0. The minimum Gasteiger partial charge on any atom is -0.313 e. The van der Waals surface area contributed by atoms with E-state index in [1.165, 1.54) is 22.3 Å². The van der Waals surface area contributed by atoms with Crippen LogP contribution in [-0.4, -0.2) is 6.54 Å². The van der Waals surface area contributed by atoms with Gasteiger partial charge in [0.05, 0.1) is 0 Å². The predicted molar refractivity (Wildman–Crippen MR) is 102 cm³/mol. The van der Waals surface area contributed by atoms with Gasteiger partial charge in [-0.15, -0.1) is 0 Å². The summed E-state index contributed by atoms with van der Waals surface area (Å²) in [6, 6.07) is 30.4. The Morgan fingerprint density at radius 2 is 1.25 bits per heavy atom. The standard InChI is InChI=1S/C23H25N/c1-19-12-14-20(15-13-19)18-24-17-16-23(21-8-4-2-5-9-21)22-10-6-3-7-11-22/h2-15,23-24H,16-18H2,1H3. The number of hydrogen-bond acceptors (Lipinski definition) is 1. The van der Waals surface area contributed by atoms with Gasteiger partial charge in [-0.25, -0.2) is 0 Å². The highest BCUT2D eigenvalue weighted by molar-refractivity contribution is 5.32. The Morgan fingerprint density at radius 1 is 0.708 bits per heavy atom. The van der Waals surface area contributed by atoms with Crippen molar-refractivity contribution in [1.29, 1.82) is 0 Å². The Morgan fingerprint density at radius 3 is 1.79 bits per heavy atom. The van der Waals surface area contributed by atoms with Gasteiger partial charge in [0.25, 0.3) is 0 Å². The molecule has 0 radical (unpaired) electrons. The third-order valence-electron chi connectivity index (χ3n) is 4.46. The molecule has 0 aliphatic carbocycles. The van der Waals surface area contributed by atoms with Gasteiger partial charge >= 0.3 is 0 Å². The van der Waals surface area contributed by atoms with Crippen LogP contribution in [-0.2, 0) is 6.54 Å². The van der Waals surface area contributed by atoms with E-state index in [2.05, 4.69) is 97.2 Å². The molecule has 0 spiro atoms. The summed E-state index contributed by atoms with van der Waals surface area (Å²) in [6.07, 6.45) is 1.10. The van der Waals surface area contributed by atoms with Gasteiger partial charge in [0.2, 0.25) is 0 Å².